The highest BCUT2D eigenvalue weighted by Gasteiger charge is 2.22. The molecular weight excluding hydrogens is 442 g/mol. The Morgan fingerprint density at radius 3 is 2.72 bits per heavy atom. The summed E-state index contributed by atoms with van der Waals surface area (Å²) in [6, 6.07) is 17.9. The second kappa shape index (κ2) is 9.77. The van der Waals surface area contributed by atoms with Crippen LogP contribution in [0.5, 0.6) is 0 Å². The number of aryl methyl sites for hydroxylation is 2. The summed E-state index contributed by atoms with van der Waals surface area (Å²) in [5.74, 6) is 0. The zero-order valence-electron chi connectivity index (χ0n) is 18.4. The number of amides is 2. The van der Waals surface area contributed by atoms with Crippen LogP contribution in [0.4, 0.5) is 10.5 Å². The molecular formula is C25H26ClN3O2S. The molecule has 7 heteroatoms. The Kier molecular flexibility index (Phi) is 6.84. The SMILES string of the molecule is COCCN(Cc1c(-c2cccs2)n(C)c2ccccc12)C(=O)Nc1ccc(C)cc1Cl. The van der Waals surface area contributed by atoms with E-state index >= 15 is 0 Å². The summed E-state index contributed by atoms with van der Waals surface area (Å²) in [5, 5.41) is 6.71. The molecule has 166 valence electrons. The lowest BCUT2D eigenvalue weighted by Gasteiger charge is -2.24. The van der Waals surface area contributed by atoms with Gasteiger partial charge in [0.2, 0.25) is 0 Å². The molecule has 0 bridgehead atoms. The van der Waals surface area contributed by atoms with E-state index in [0.717, 1.165) is 27.7 Å². The van der Waals surface area contributed by atoms with Gasteiger partial charge in [-0.3, -0.25) is 0 Å². The normalized spacial score (nSPS) is 11.1. The number of aromatic nitrogens is 1. The first kappa shape index (κ1) is 22.4. The van der Waals surface area contributed by atoms with E-state index in [9.17, 15) is 4.79 Å². The van der Waals surface area contributed by atoms with Crippen molar-refractivity contribution >= 4 is 45.6 Å². The summed E-state index contributed by atoms with van der Waals surface area (Å²) in [7, 11) is 3.72. The first-order valence-electron chi connectivity index (χ1n) is 10.4. The maximum absolute atomic E-state index is 13.3. The number of para-hydroxylation sites is 1. The standard InChI is InChI=1S/C25H26ClN3O2S/c1-17-10-11-21(20(26)15-17)27-25(30)29(12-13-31-3)16-19-18-7-4-5-8-22(18)28(2)24(19)23-9-6-14-32-23/h4-11,14-15H,12-13,16H2,1-3H3,(H,27,30). The van der Waals surface area contributed by atoms with Crippen molar-refractivity contribution in [2.45, 2.75) is 13.5 Å². The van der Waals surface area contributed by atoms with Crippen LogP contribution < -0.4 is 5.32 Å². The van der Waals surface area contributed by atoms with Crippen LogP contribution in [0.3, 0.4) is 0 Å². The van der Waals surface area contributed by atoms with Gasteiger partial charge in [0.1, 0.15) is 0 Å². The lowest BCUT2D eigenvalue weighted by Crippen LogP contribution is -2.37. The van der Waals surface area contributed by atoms with Gasteiger partial charge in [0.25, 0.3) is 0 Å². The molecule has 4 rings (SSSR count). The Labute approximate surface area is 197 Å². The van der Waals surface area contributed by atoms with Crippen molar-refractivity contribution in [2.75, 3.05) is 25.6 Å². The predicted molar refractivity (Wildman–Crippen MR) is 134 cm³/mol. The second-order valence-corrected chi connectivity index (χ2v) is 9.06. The third kappa shape index (κ3) is 4.53. The third-order valence-corrected chi connectivity index (χ3v) is 6.72. The number of fused-ring (bicyclic) bond motifs is 1. The van der Waals surface area contributed by atoms with Gasteiger partial charge in [-0.2, -0.15) is 0 Å². The summed E-state index contributed by atoms with van der Waals surface area (Å²) >= 11 is 8.05. The van der Waals surface area contributed by atoms with Gasteiger partial charge in [-0.15, -0.1) is 11.3 Å². The van der Waals surface area contributed by atoms with E-state index in [0.29, 0.717) is 30.4 Å². The lowest BCUT2D eigenvalue weighted by molar-refractivity contribution is 0.153. The number of carbonyl (C=O) groups is 1. The van der Waals surface area contributed by atoms with Gasteiger partial charge < -0.3 is 19.5 Å². The zero-order valence-corrected chi connectivity index (χ0v) is 20.0. The number of nitrogens with zero attached hydrogens (tertiary/aromatic N) is 2. The lowest BCUT2D eigenvalue weighted by atomic mass is 10.1. The van der Waals surface area contributed by atoms with Crippen LogP contribution in [0, 0.1) is 6.92 Å². The summed E-state index contributed by atoms with van der Waals surface area (Å²) in [4.78, 5) is 16.2. The molecule has 2 aromatic carbocycles. The molecule has 32 heavy (non-hydrogen) atoms. The Morgan fingerprint density at radius 1 is 1.19 bits per heavy atom. The predicted octanol–water partition coefficient (Wildman–Crippen LogP) is 6.55. The van der Waals surface area contributed by atoms with Gasteiger partial charge in [0, 0.05) is 37.2 Å². The van der Waals surface area contributed by atoms with Crippen molar-refractivity contribution < 1.29 is 9.53 Å². The average molecular weight is 468 g/mol. The Morgan fingerprint density at radius 2 is 2.00 bits per heavy atom. The average Bonchev–Trinajstić information content (AvgIpc) is 3.40. The van der Waals surface area contributed by atoms with Crippen LogP contribution in [0.1, 0.15) is 11.1 Å². The van der Waals surface area contributed by atoms with Crippen molar-refractivity contribution in [3.63, 3.8) is 0 Å². The number of methoxy groups -OCH3 is 1. The van der Waals surface area contributed by atoms with Crippen LogP contribution in [-0.4, -0.2) is 35.8 Å². The maximum atomic E-state index is 13.3. The summed E-state index contributed by atoms with van der Waals surface area (Å²) in [6.45, 7) is 3.31. The van der Waals surface area contributed by atoms with E-state index in [1.54, 1.807) is 23.3 Å². The molecule has 5 nitrogen and oxygen atoms in total. The van der Waals surface area contributed by atoms with Gasteiger partial charge >= 0.3 is 6.03 Å². The number of rotatable bonds is 7. The quantitative estimate of drug-likeness (QED) is 0.335. The third-order valence-electron chi connectivity index (χ3n) is 5.53. The summed E-state index contributed by atoms with van der Waals surface area (Å²) < 4.78 is 7.50. The topological polar surface area (TPSA) is 46.5 Å². The minimum Gasteiger partial charge on any atom is -0.383 e. The van der Waals surface area contributed by atoms with E-state index in [4.69, 9.17) is 16.3 Å². The van der Waals surface area contributed by atoms with Crippen LogP contribution in [0.15, 0.2) is 60.0 Å². The molecule has 2 aromatic heterocycles. The van der Waals surface area contributed by atoms with Gasteiger partial charge in [-0.1, -0.05) is 41.9 Å². The number of hydrogen-bond donors (Lipinski definition) is 1. The molecule has 0 atom stereocenters. The highest BCUT2D eigenvalue weighted by molar-refractivity contribution is 7.13. The maximum Gasteiger partial charge on any atom is 0.322 e. The first-order chi connectivity index (χ1) is 15.5. The highest BCUT2D eigenvalue weighted by Crippen LogP contribution is 2.36. The molecule has 0 saturated heterocycles. The number of halogens is 1. The number of thiophene rings is 1. The van der Waals surface area contributed by atoms with Crippen molar-refractivity contribution in [2.24, 2.45) is 7.05 Å². The van der Waals surface area contributed by atoms with Crippen LogP contribution in [0.25, 0.3) is 21.5 Å². The van der Waals surface area contributed by atoms with Gasteiger partial charge in [-0.25, -0.2) is 4.79 Å². The van der Waals surface area contributed by atoms with E-state index < -0.39 is 0 Å². The van der Waals surface area contributed by atoms with E-state index in [1.165, 1.54) is 4.88 Å². The Bertz CT molecular complexity index is 1230. The van der Waals surface area contributed by atoms with E-state index in [2.05, 4.69) is 46.6 Å². The molecule has 0 unspecified atom stereocenters. The van der Waals surface area contributed by atoms with Crippen molar-refractivity contribution in [3.05, 3.63) is 76.1 Å². The van der Waals surface area contributed by atoms with Crippen LogP contribution in [-0.2, 0) is 18.3 Å². The molecule has 2 heterocycles. The van der Waals surface area contributed by atoms with Gasteiger partial charge in [-0.05, 0) is 42.1 Å². The number of urea groups is 1. The molecule has 1 N–H and O–H groups in total. The molecule has 0 saturated carbocycles. The number of nitrogens with one attached hydrogen (secondary N) is 1. The number of benzene rings is 2. The second-order valence-electron chi connectivity index (χ2n) is 7.71. The molecule has 0 aliphatic rings. The fourth-order valence-corrected chi connectivity index (χ4v) is 5.03. The minimum atomic E-state index is -0.210. The van der Waals surface area contributed by atoms with E-state index in [1.807, 2.05) is 37.3 Å². The Balaban J connectivity index is 1.71. The van der Waals surface area contributed by atoms with Crippen molar-refractivity contribution in [1.29, 1.82) is 0 Å². The molecule has 0 fully saturated rings. The molecule has 2 amide bonds. The number of carbonyl (C=O) groups excluding carboxylic acids is 1. The van der Waals surface area contributed by atoms with Gasteiger partial charge in [0.15, 0.2) is 0 Å². The van der Waals surface area contributed by atoms with Crippen LogP contribution in [0.2, 0.25) is 5.02 Å². The highest BCUT2D eigenvalue weighted by atomic mass is 35.5. The van der Waals surface area contributed by atoms with Crippen LogP contribution >= 0.6 is 22.9 Å². The number of anilines is 1. The molecule has 0 aliphatic carbocycles. The fourth-order valence-electron chi connectivity index (χ4n) is 3.92. The van der Waals surface area contributed by atoms with Crippen molar-refractivity contribution in [3.8, 4) is 10.6 Å². The summed E-state index contributed by atoms with van der Waals surface area (Å²) in [6.07, 6.45) is 0. The molecule has 0 spiro atoms. The smallest absolute Gasteiger partial charge is 0.322 e. The zero-order chi connectivity index (χ0) is 22.7. The fraction of sp³-hybridized carbons (Fsp3) is 0.240. The summed E-state index contributed by atoms with van der Waals surface area (Å²) in [5.41, 5.74) is 5.03. The molecule has 4 aromatic rings. The van der Waals surface area contributed by atoms with Crippen molar-refractivity contribution in [1.82, 2.24) is 9.47 Å². The molecule has 0 radical (unpaired) electrons. The number of ether oxygens (including phenoxy) is 1. The first-order valence-corrected chi connectivity index (χ1v) is 11.7. The largest absolute Gasteiger partial charge is 0.383 e. The van der Waals surface area contributed by atoms with E-state index in [-0.39, 0.29) is 6.03 Å². The Hall–Kier alpha value is -2.80. The van der Waals surface area contributed by atoms with Gasteiger partial charge in [0.05, 0.1) is 34.4 Å². The monoisotopic (exact) mass is 467 g/mol. The number of hydrogen-bond acceptors (Lipinski definition) is 3. The molecule has 0 aliphatic heterocycles. The minimum absolute atomic E-state index is 0.210.